The molecule has 2 aromatic carbocycles. The van der Waals surface area contributed by atoms with E-state index in [0.29, 0.717) is 42.1 Å². The van der Waals surface area contributed by atoms with Crippen LogP contribution >= 0.6 is 0 Å². The minimum atomic E-state index is -3.87. The number of benzene rings is 2. The van der Waals surface area contributed by atoms with Gasteiger partial charge in [-0.2, -0.15) is 4.31 Å². The van der Waals surface area contributed by atoms with E-state index in [1.54, 1.807) is 18.2 Å². The molecule has 1 saturated heterocycles. The van der Waals surface area contributed by atoms with Crippen LogP contribution in [0, 0.1) is 5.92 Å². The summed E-state index contributed by atoms with van der Waals surface area (Å²) in [4.78, 5) is 26.7. The fourth-order valence-corrected chi connectivity index (χ4v) is 5.27. The van der Waals surface area contributed by atoms with Crippen molar-refractivity contribution >= 4 is 32.7 Å². The zero-order valence-corrected chi connectivity index (χ0v) is 18.4. The van der Waals surface area contributed by atoms with Crippen LogP contribution in [0.2, 0.25) is 0 Å². The number of aromatic nitrogens is 1. The number of carbonyl (C=O) groups is 1. The van der Waals surface area contributed by atoms with E-state index >= 15 is 0 Å². The third-order valence-corrected chi connectivity index (χ3v) is 7.27. The molecule has 2 N–H and O–H groups in total. The number of piperidine rings is 1. The van der Waals surface area contributed by atoms with Crippen molar-refractivity contribution in [1.82, 2.24) is 9.29 Å². The quantitative estimate of drug-likeness (QED) is 0.575. The molecule has 3 aromatic rings. The SMILES string of the molecule is COc1cc(NC(=O)C2CCCN(S(=O)(=O)c3ccc4[nH]c(=O)oc4c3)C2)cc(OC)c1. The van der Waals surface area contributed by atoms with Crippen molar-refractivity contribution in [2.75, 3.05) is 32.6 Å². The molecule has 1 fully saturated rings. The number of nitrogens with one attached hydrogen (secondary N) is 2. The van der Waals surface area contributed by atoms with Crippen molar-refractivity contribution in [3.05, 3.63) is 46.9 Å². The molecule has 1 aliphatic heterocycles. The summed E-state index contributed by atoms with van der Waals surface area (Å²) in [6, 6.07) is 9.23. The summed E-state index contributed by atoms with van der Waals surface area (Å²) in [6.07, 6.45) is 1.10. The lowest BCUT2D eigenvalue weighted by atomic mass is 9.98. The normalized spacial score (nSPS) is 17.2. The van der Waals surface area contributed by atoms with Gasteiger partial charge < -0.3 is 19.2 Å². The van der Waals surface area contributed by atoms with Crippen LogP contribution in [0.15, 0.2) is 50.5 Å². The molecule has 10 nitrogen and oxygen atoms in total. The Kier molecular flexibility index (Phi) is 5.94. The first-order chi connectivity index (χ1) is 15.3. The topological polar surface area (TPSA) is 131 Å². The highest BCUT2D eigenvalue weighted by molar-refractivity contribution is 7.89. The van der Waals surface area contributed by atoms with Crippen LogP contribution in [0.4, 0.5) is 5.69 Å². The number of rotatable bonds is 6. The van der Waals surface area contributed by atoms with Gasteiger partial charge in [-0.05, 0) is 25.0 Å². The van der Waals surface area contributed by atoms with Gasteiger partial charge in [0.25, 0.3) is 0 Å². The predicted molar refractivity (Wildman–Crippen MR) is 116 cm³/mol. The van der Waals surface area contributed by atoms with Crippen LogP contribution in [0.25, 0.3) is 11.1 Å². The molecule has 1 aromatic heterocycles. The van der Waals surface area contributed by atoms with Crippen LogP contribution in [0.5, 0.6) is 11.5 Å². The van der Waals surface area contributed by atoms with Gasteiger partial charge in [-0.15, -0.1) is 0 Å². The molecule has 0 spiro atoms. The number of nitrogens with zero attached hydrogens (tertiary/aromatic N) is 1. The molecule has 4 rings (SSSR count). The maximum Gasteiger partial charge on any atom is 0.417 e. The van der Waals surface area contributed by atoms with E-state index < -0.39 is 21.7 Å². The second kappa shape index (κ2) is 8.67. The largest absolute Gasteiger partial charge is 0.497 e. The number of methoxy groups -OCH3 is 2. The Morgan fingerprint density at radius 3 is 2.56 bits per heavy atom. The van der Waals surface area contributed by atoms with Gasteiger partial charge >= 0.3 is 5.76 Å². The molecule has 1 unspecified atom stereocenters. The first kappa shape index (κ1) is 21.9. The number of anilines is 1. The number of amides is 1. The zero-order chi connectivity index (χ0) is 22.9. The second-order valence-electron chi connectivity index (χ2n) is 7.47. The summed E-state index contributed by atoms with van der Waals surface area (Å²) < 4.78 is 43.0. The van der Waals surface area contributed by atoms with Crippen molar-refractivity contribution in [2.45, 2.75) is 17.7 Å². The van der Waals surface area contributed by atoms with E-state index in [1.165, 1.54) is 36.7 Å². The maximum atomic E-state index is 13.2. The molecule has 32 heavy (non-hydrogen) atoms. The molecule has 0 radical (unpaired) electrons. The van der Waals surface area contributed by atoms with Gasteiger partial charge in [-0.3, -0.25) is 9.78 Å². The Labute approximate surface area is 184 Å². The van der Waals surface area contributed by atoms with Crippen molar-refractivity contribution in [3.8, 4) is 11.5 Å². The highest BCUT2D eigenvalue weighted by Gasteiger charge is 2.33. The Morgan fingerprint density at radius 1 is 1.16 bits per heavy atom. The number of carbonyl (C=O) groups excluding carboxylic acids is 1. The van der Waals surface area contributed by atoms with Crippen molar-refractivity contribution in [2.24, 2.45) is 5.92 Å². The molecular weight excluding hydrogens is 438 g/mol. The number of sulfonamides is 1. The Morgan fingerprint density at radius 2 is 1.88 bits per heavy atom. The van der Waals surface area contributed by atoms with Crippen molar-refractivity contribution < 1.29 is 27.1 Å². The highest BCUT2D eigenvalue weighted by atomic mass is 32.2. The summed E-state index contributed by atoms with van der Waals surface area (Å²) in [7, 11) is -0.839. The summed E-state index contributed by atoms with van der Waals surface area (Å²) in [6.45, 7) is 0.346. The predicted octanol–water partition coefficient (Wildman–Crippen LogP) is 2.18. The van der Waals surface area contributed by atoms with Gasteiger partial charge in [0.05, 0.1) is 30.5 Å². The first-order valence-corrected chi connectivity index (χ1v) is 11.4. The molecule has 11 heteroatoms. The molecule has 0 bridgehead atoms. The van der Waals surface area contributed by atoms with Crippen LogP contribution < -0.4 is 20.5 Å². The van der Waals surface area contributed by atoms with Crippen LogP contribution in [-0.2, 0) is 14.8 Å². The second-order valence-corrected chi connectivity index (χ2v) is 9.40. The Balaban J connectivity index is 1.52. The van der Waals surface area contributed by atoms with Crippen molar-refractivity contribution in [3.63, 3.8) is 0 Å². The summed E-state index contributed by atoms with van der Waals surface area (Å²) in [5.41, 5.74) is 1.08. The van der Waals surface area contributed by atoms with Gasteiger partial charge in [-0.1, -0.05) is 0 Å². The molecule has 170 valence electrons. The third kappa shape index (κ3) is 4.34. The number of hydrogen-bond acceptors (Lipinski definition) is 7. The fraction of sp³-hybridized carbons (Fsp3) is 0.333. The van der Waals surface area contributed by atoms with Crippen LogP contribution in [0.1, 0.15) is 12.8 Å². The number of H-pyrrole nitrogens is 1. The van der Waals surface area contributed by atoms with E-state index in [0.717, 1.165) is 0 Å². The molecule has 1 amide bonds. The van der Waals surface area contributed by atoms with Crippen molar-refractivity contribution in [1.29, 1.82) is 0 Å². The minimum Gasteiger partial charge on any atom is -0.497 e. The van der Waals surface area contributed by atoms with Gasteiger partial charge in [-0.25, -0.2) is 13.2 Å². The smallest absolute Gasteiger partial charge is 0.417 e. The average Bonchev–Trinajstić information content (AvgIpc) is 3.18. The first-order valence-electron chi connectivity index (χ1n) is 9.97. The Bertz CT molecular complexity index is 1290. The van der Waals surface area contributed by atoms with Gasteiger partial charge in [0.2, 0.25) is 15.9 Å². The summed E-state index contributed by atoms with van der Waals surface area (Å²) >= 11 is 0. The Hall–Kier alpha value is -3.31. The van der Waals surface area contributed by atoms with E-state index in [9.17, 15) is 18.0 Å². The van der Waals surface area contributed by atoms with Crippen LogP contribution in [0.3, 0.4) is 0 Å². The lowest BCUT2D eigenvalue weighted by Gasteiger charge is -2.31. The lowest BCUT2D eigenvalue weighted by molar-refractivity contribution is -0.120. The molecule has 1 atom stereocenters. The summed E-state index contributed by atoms with van der Waals surface area (Å²) in [5, 5.41) is 2.83. The van der Waals surface area contributed by atoms with E-state index in [-0.39, 0.29) is 22.9 Å². The van der Waals surface area contributed by atoms with E-state index in [1.807, 2.05) is 0 Å². The monoisotopic (exact) mass is 461 g/mol. The number of aromatic amines is 1. The standard InChI is InChI=1S/C21H23N3O7S/c1-29-15-8-14(9-16(10-15)30-2)22-20(25)13-4-3-7-24(12-13)32(27,28)17-5-6-18-19(11-17)31-21(26)23-18/h5-6,8-11,13H,3-4,7,12H2,1-2H3,(H,22,25)(H,23,26). The minimum absolute atomic E-state index is 0.00587. The molecule has 0 aliphatic carbocycles. The molecular formula is C21H23N3O7S. The maximum absolute atomic E-state index is 13.2. The number of hydrogen-bond donors (Lipinski definition) is 2. The summed E-state index contributed by atoms with van der Waals surface area (Å²) in [5.74, 6) is -0.408. The number of fused-ring (bicyclic) bond motifs is 1. The third-order valence-electron chi connectivity index (χ3n) is 5.40. The average molecular weight is 461 g/mol. The van der Waals surface area contributed by atoms with Gasteiger partial charge in [0, 0.05) is 43.0 Å². The highest BCUT2D eigenvalue weighted by Crippen LogP contribution is 2.29. The fourth-order valence-electron chi connectivity index (χ4n) is 3.73. The van der Waals surface area contributed by atoms with E-state index in [4.69, 9.17) is 13.9 Å². The van der Waals surface area contributed by atoms with Crippen LogP contribution in [-0.4, -0.2) is 50.9 Å². The molecule has 2 heterocycles. The number of ether oxygens (including phenoxy) is 2. The van der Waals surface area contributed by atoms with Gasteiger partial charge in [0.15, 0.2) is 5.58 Å². The van der Waals surface area contributed by atoms with E-state index in [2.05, 4.69) is 10.3 Å². The van der Waals surface area contributed by atoms with Gasteiger partial charge in [0.1, 0.15) is 11.5 Å². The molecule has 0 saturated carbocycles. The lowest BCUT2D eigenvalue weighted by Crippen LogP contribution is -2.43. The zero-order valence-electron chi connectivity index (χ0n) is 17.6. The number of oxazole rings is 1. The molecule has 1 aliphatic rings.